The Morgan fingerprint density at radius 2 is 1.89 bits per heavy atom. The highest BCUT2D eigenvalue weighted by Gasteiger charge is 2.08. The molecule has 0 heterocycles. The summed E-state index contributed by atoms with van der Waals surface area (Å²) in [5, 5.41) is 8.86. The first kappa shape index (κ1) is 12.4. The maximum absolute atomic E-state index is 10.8. The Morgan fingerprint density at radius 1 is 1.17 bits per heavy atom. The minimum absolute atomic E-state index is 0.0663. The number of rotatable bonds is 3. The standard InChI is InChI=1S/C13H10BrNO3/c14-8-2-1-3-9(6-8)18-10-4-5-11(13(16)17)12(15)7-10/h1-7H,15H2,(H,16,17). The molecule has 4 nitrogen and oxygen atoms in total. The van der Waals surface area contributed by atoms with Crippen LogP contribution in [-0.2, 0) is 0 Å². The molecule has 0 atom stereocenters. The lowest BCUT2D eigenvalue weighted by Crippen LogP contribution is -2.02. The van der Waals surface area contributed by atoms with E-state index >= 15 is 0 Å². The van der Waals surface area contributed by atoms with E-state index in [2.05, 4.69) is 15.9 Å². The number of carbonyl (C=O) groups is 1. The zero-order valence-electron chi connectivity index (χ0n) is 9.26. The largest absolute Gasteiger partial charge is 0.478 e. The van der Waals surface area contributed by atoms with E-state index in [-0.39, 0.29) is 11.3 Å². The van der Waals surface area contributed by atoms with Crippen LogP contribution in [0.2, 0.25) is 0 Å². The van der Waals surface area contributed by atoms with Gasteiger partial charge in [0.1, 0.15) is 11.5 Å². The summed E-state index contributed by atoms with van der Waals surface area (Å²) in [4.78, 5) is 10.8. The van der Waals surface area contributed by atoms with Crippen molar-refractivity contribution in [3.8, 4) is 11.5 Å². The van der Waals surface area contributed by atoms with Crippen molar-refractivity contribution in [2.75, 3.05) is 5.73 Å². The summed E-state index contributed by atoms with van der Waals surface area (Å²) in [5.41, 5.74) is 5.88. The van der Waals surface area contributed by atoms with Gasteiger partial charge in [-0.05, 0) is 30.3 Å². The van der Waals surface area contributed by atoms with Crippen LogP contribution in [0.4, 0.5) is 5.69 Å². The molecule has 0 fully saturated rings. The van der Waals surface area contributed by atoms with Crippen LogP contribution in [-0.4, -0.2) is 11.1 Å². The Labute approximate surface area is 112 Å². The Morgan fingerprint density at radius 3 is 2.50 bits per heavy atom. The van der Waals surface area contributed by atoms with Gasteiger partial charge >= 0.3 is 5.97 Å². The first-order valence-corrected chi connectivity index (χ1v) is 5.92. The van der Waals surface area contributed by atoms with E-state index in [1.165, 1.54) is 12.1 Å². The van der Waals surface area contributed by atoms with Gasteiger partial charge in [0.15, 0.2) is 0 Å². The van der Waals surface area contributed by atoms with E-state index in [0.717, 1.165) is 4.47 Å². The van der Waals surface area contributed by atoms with Crippen LogP contribution >= 0.6 is 15.9 Å². The number of halogens is 1. The average molecular weight is 308 g/mol. The molecular weight excluding hydrogens is 298 g/mol. The molecule has 92 valence electrons. The van der Waals surface area contributed by atoms with E-state index in [4.69, 9.17) is 15.6 Å². The van der Waals surface area contributed by atoms with Crippen molar-refractivity contribution >= 4 is 27.6 Å². The van der Waals surface area contributed by atoms with Crippen molar-refractivity contribution in [2.24, 2.45) is 0 Å². The number of benzene rings is 2. The third-order valence-electron chi connectivity index (χ3n) is 2.29. The maximum atomic E-state index is 10.8. The van der Waals surface area contributed by atoms with Gasteiger partial charge in [0.05, 0.1) is 5.56 Å². The van der Waals surface area contributed by atoms with Gasteiger partial charge in [0, 0.05) is 16.2 Å². The summed E-state index contributed by atoms with van der Waals surface area (Å²) in [6.07, 6.45) is 0. The third-order valence-corrected chi connectivity index (χ3v) is 2.78. The summed E-state index contributed by atoms with van der Waals surface area (Å²) in [5.74, 6) is 0.0870. The second-order valence-electron chi connectivity index (χ2n) is 3.61. The molecule has 0 aliphatic heterocycles. The molecule has 0 aliphatic carbocycles. The van der Waals surface area contributed by atoms with Gasteiger partial charge in [0.25, 0.3) is 0 Å². The number of anilines is 1. The van der Waals surface area contributed by atoms with Crippen LogP contribution in [0, 0.1) is 0 Å². The number of aromatic carboxylic acids is 1. The van der Waals surface area contributed by atoms with Gasteiger partial charge in [-0.3, -0.25) is 0 Å². The van der Waals surface area contributed by atoms with Crippen LogP contribution in [0.5, 0.6) is 11.5 Å². The number of nitrogens with two attached hydrogens (primary N) is 1. The smallest absolute Gasteiger partial charge is 0.337 e. The quantitative estimate of drug-likeness (QED) is 0.851. The number of ether oxygens (including phenoxy) is 1. The molecule has 0 saturated heterocycles. The molecule has 0 amide bonds. The molecule has 0 spiro atoms. The lowest BCUT2D eigenvalue weighted by Gasteiger charge is -2.08. The Balaban J connectivity index is 2.25. The summed E-state index contributed by atoms with van der Waals surface area (Å²) >= 11 is 3.34. The zero-order chi connectivity index (χ0) is 13.1. The molecule has 0 radical (unpaired) electrons. The number of nitrogen functional groups attached to an aromatic ring is 1. The normalized spacial score (nSPS) is 10.1. The SMILES string of the molecule is Nc1cc(Oc2cccc(Br)c2)ccc1C(=O)O. The lowest BCUT2D eigenvalue weighted by molar-refractivity contribution is 0.0698. The number of carboxylic acid groups (broad SMARTS) is 1. The van der Waals surface area contributed by atoms with E-state index in [1.807, 2.05) is 12.1 Å². The van der Waals surface area contributed by atoms with E-state index in [1.54, 1.807) is 18.2 Å². The van der Waals surface area contributed by atoms with Gasteiger partial charge in [-0.25, -0.2) is 4.79 Å². The summed E-state index contributed by atoms with van der Waals surface area (Å²) < 4.78 is 6.47. The summed E-state index contributed by atoms with van der Waals surface area (Å²) in [7, 11) is 0. The second kappa shape index (κ2) is 5.10. The van der Waals surface area contributed by atoms with Crippen molar-refractivity contribution in [1.82, 2.24) is 0 Å². The molecule has 0 aromatic heterocycles. The molecule has 3 N–H and O–H groups in total. The predicted octanol–water partition coefficient (Wildman–Crippen LogP) is 3.52. The highest BCUT2D eigenvalue weighted by molar-refractivity contribution is 9.10. The lowest BCUT2D eigenvalue weighted by atomic mass is 10.2. The topological polar surface area (TPSA) is 72.5 Å². The van der Waals surface area contributed by atoms with Gasteiger partial charge in [-0.15, -0.1) is 0 Å². The molecule has 0 unspecified atom stereocenters. The average Bonchev–Trinajstić information content (AvgIpc) is 2.28. The summed E-state index contributed by atoms with van der Waals surface area (Å²) in [6, 6.07) is 11.8. The second-order valence-corrected chi connectivity index (χ2v) is 4.53. The van der Waals surface area contributed by atoms with Gasteiger partial charge in [-0.2, -0.15) is 0 Å². The third kappa shape index (κ3) is 2.81. The molecule has 5 heteroatoms. The highest BCUT2D eigenvalue weighted by atomic mass is 79.9. The van der Waals surface area contributed by atoms with E-state index in [0.29, 0.717) is 11.5 Å². The Hall–Kier alpha value is -2.01. The number of hydrogen-bond acceptors (Lipinski definition) is 3. The van der Waals surface area contributed by atoms with E-state index in [9.17, 15) is 4.79 Å². The minimum Gasteiger partial charge on any atom is -0.478 e. The van der Waals surface area contributed by atoms with Crippen molar-refractivity contribution in [3.63, 3.8) is 0 Å². The molecule has 2 aromatic rings. The van der Waals surface area contributed by atoms with Crippen LogP contribution in [0.15, 0.2) is 46.9 Å². The summed E-state index contributed by atoms with van der Waals surface area (Å²) in [6.45, 7) is 0. The monoisotopic (exact) mass is 307 g/mol. The molecule has 0 saturated carbocycles. The van der Waals surface area contributed by atoms with Crippen LogP contribution in [0.3, 0.4) is 0 Å². The van der Waals surface area contributed by atoms with Gasteiger partial charge in [-0.1, -0.05) is 22.0 Å². The molecule has 18 heavy (non-hydrogen) atoms. The van der Waals surface area contributed by atoms with E-state index < -0.39 is 5.97 Å². The fourth-order valence-corrected chi connectivity index (χ4v) is 1.84. The van der Waals surface area contributed by atoms with Crippen LogP contribution < -0.4 is 10.5 Å². The fraction of sp³-hybridized carbons (Fsp3) is 0. The fourth-order valence-electron chi connectivity index (χ4n) is 1.47. The first-order valence-electron chi connectivity index (χ1n) is 5.12. The van der Waals surface area contributed by atoms with Crippen molar-refractivity contribution in [1.29, 1.82) is 0 Å². The zero-order valence-corrected chi connectivity index (χ0v) is 10.8. The number of hydrogen-bond donors (Lipinski definition) is 2. The van der Waals surface area contributed by atoms with Gasteiger partial charge < -0.3 is 15.6 Å². The van der Waals surface area contributed by atoms with Crippen LogP contribution in [0.25, 0.3) is 0 Å². The van der Waals surface area contributed by atoms with Crippen LogP contribution in [0.1, 0.15) is 10.4 Å². The molecule has 2 rings (SSSR count). The van der Waals surface area contributed by atoms with Crippen molar-refractivity contribution < 1.29 is 14.6 Å². The minimum atomic E-state index is -1.05. The molecule has 0 aliphatic rings. The highest BCUT2D eigenvalue weighted by Crippen LogP contribution is 2.27. The molecular formula is C13H10BrNO3. The maximum Gasteiger partial charge on any atom is 0.337 e. The number of carboxylic acids is 1. The molecule has 0 bridgehead atoms. The van der Waals surface area contributed by atoms with Crippen molar-refractivity contribution in [2.45, 2.75) is 0 Å². The Kier molecular flexibility index (Phi) is 3.53. The predicted molar refractivity (Wildman–Crippen MR) is 72.0 cm³/mol. The van der Waals surface area contributed by atoms with Crippen molar-refractivity contribution in [3.05, 3.63) is 52.5 Å². The molecule has 2 aromatic carbocycles. The Bertz CT molecular complexity index is 599. The van der Waals surface area contributed by atoms with Gasteiger partial charge in [0.2, 0.25) is 0 Å². The first-order chi connectivity index (χ1) is 8.56.